The van der Waals surface area contributed by atoms with E-state index in [0.29, 0.717) is 0 Å². The van der Waals surface area contributed by atoms with Crippen LogP contribution < -0.4 is 0 Å². The number of nitrogens with zero attached hydrogens (tertiary/aromatic N) is 5. The van der Waals surface area contributed by atoms with Crippen LogP contribution in [0.4, 0.5) is 0 Å². The second kappa shape index (κ2) is 17.8. The van der Waals surface area contributed by atoms with E-state index in [1.807, 2.05) is 0 Å². The van der Waals surface area contributed by atoms with Crippen LogP contribution in [0.25, 0.3) is 0 Å². The lowest BCUT2D eigenvalue weighted by molar-refractivity contribution is -0.140. The lowest BCUT2D eigenvalue weighted by Gasteiger charge is -2.34. The van der Waals surface area contributed by atoms with Crippen LogP contribution in [0, 0.1) is 0 Å². The number of β-amino-alcohol motifs (C(OH)–C–C–N with tert-alkyl or cyclic N) is 1. The van der Waals surface area contributed by atoms with Crippen LogP contribution in [0.3, 0.4) is 0 Å². The third-order valence-corrected chi connectivity index (χ3v) is 6.78. The molecule has 0 bridgehead atoms. The summed E-state index contributed by atoms with van der Waals surface area (Å²) in [6, 6.07) is 0. The summed E-state index contributed by atoms with van der Waals surface area (Å²) in [5.41, 5.74) is 0. The molecule has 39 heavy (non-hydrogen) atoms. The van der Waals surface area contributed by atoms with Crippen LogP contribution in [0.1, 0.15) is 0 Å². The van der Waals surface area contributed by atoms with Gasteiger partial charge in [0.1, 0.15) is 6.29 Å². The Morgan fingerprint density at radius 1 is 0.667 bits per heavy atom. The highest BCUT2D eigenvalue weighted by Crippen LogP contribution is 2.35. The van der Waals surface area contributed by atoms with Crippen molar-refractivity contribution >= 4 is 25.5 Å². The monoisotopic (exact) mass is 587 g/mol. The first-order valence-electron chi connectivity index (χ1n) is 12.5. The van der Waals surface area contributed by atoms with E-state index in [1.54, 1.807) is 19.6 Å². The molecule has 18 heteroatoms. The van der Waals surface area contributed by atoms with E-state index in [9.17, 15) is 54.3 Å². The Morgan fingerprint density at radius 3 is 1.31 bits per heavy atom. The first-order valence-corrected chi connectivity index (χ1v) is 14.2. The second-order valence-corrected chi connectivity index (χ2v) is 11.3. The average molecular weight is 588 g/mol. The normalized spacial score (nSPS) is 19.7. The molecule has 2 unspecified atom stereocenters. The van der Waals surface area contributed by atoms with Crippen LogP contribution in [0.2, 0.25) is 0 Å². The van der Waals surface area contributed by atoms with E-state index < -0.39 is 50.6 Å². The molecule has 1 aliphatic rings. The zero-order valence-electron chi connectivity index (χ0n) is 21.9. The van der Waals surface area contributed by atoms with E-state index in [1.165, 1.54) is 0 Å². The molecular formula is C21H42N5O12P. The number of hydrogen-bond donors (Lipinski definition) is 8. The van der Waals surface area contributed by atoms with Gasteiger partial charge in [-0.1, -0.05) is 0 Å². The van der Waals surface area contributed by atoms with E-state index in [2.05, 4.69) is 0 Å². The summed E-state index contributed by atoms with van der Waals surface area (Å²) in [4.78, 5) is 60.5. The van der Waals surface area contributed by atoms with Gasteiger partial charge in [-0.15, -0.1) is 0 Å². The largest absolute Gasteiger partial charge is 0.480 e. The number of carboxylic acids is 3. The smallest absolute Gasteiger partial charge is 0.339 e. The van der Waals surface area contributed by atoms with Crippen molar-refractivity contribution in [1.82, 2.24) is 24.5 Å². The predicted molar refractivity (Wildman–Crippen MR) is 136 cm³/mol. The summed E-state index contributed by atoms with van der Waals surface area (Å²) in [5, 5.41) is 57.4. The van der Waals surface area contributed by atoms with E-state index in [-0.39, 0.29) is 91.6 Å². The van der Waals surface area contributed by atoms with E-state index in [4.69, 9.17) is 5.11 Å². The van der Waals surface area contributed by atoms with Gasteiger partial charge >= 0.3 is 25.5 Å². The molecular weight excluding hydrogens is 545 g/mol. The van der Waals surface area contributed by atoms with Crippen LogP contribution in [-0.4, -0.2) is 200 Å². The molecule has 1 saturated heterocycles. The fraction of sp³-hybridized carbons (Fsp3) is 0.857. The number of hydrogen-bond acceptors (Lipinski definition) is 12. The molecule has 0 aromatic heterocycles. The number of aliphatic hydroxyl groups excluding tert-OH is 3. The van der Waals surface area contributed by atoms with E-state index in [0.717, 1.165) is 4.90 Å². The minimum Gasteiger partial charge on any atom is -0.480 e. The van der Waals surface area contributed by atoms with Crippen molar-refractivity contribution in [1.29, 1.82) is 0 Å². The lowest BCUT2D eigenvalue weighted by atomic mass is 10.2. The van der Waals surface area contributed by atoms with Crippen molar-refractivity contribution in [2.45, 2.75) is 12.2 Å². The van der Waals surface area contributed by atoms with Gasteiger partial charge in [-0.05, 0) is 0 Å². The molecule has 0 aliphatic carbocycles. The number of carbonyl (C=O) groups is 3. The highest BCUT2D eigenvalue weighted by Gasteiger charge is 2.25. The molecule has 8 N–H and O–H groups in total. The molecule has 0 spiro atoms. The Morgan fingerprint density at radius 2 is 1.00 bits per heavy atom. The van der Waals surface area contributed by atoms with Crippen LogP contribution >= 0.6 is 7.60 Å². The Bertz CT molecular complexity index is 786. The molecule has 17 nitrogen and oxygen atoms in total. The Labute approximate surface area is 226 Å². The van der Waals surface area contributed by atoms with Gasteiger partial charge in [0.05, 0.1) is 38.4 Å². The maximum atomic E-state index is 11.5. The molecule has 2 atom stereocenters. The predicted octanol–water partition coefficient (Wildman–Crippen LogP) is -4.39. The zero-order valence-corrected chi connectivity index (χ0v) is 22.8. The number of aliphatic carboxylic acids is 3. The van der Waals surface area contributed by atoms with Gasteiger partial charge in [0.2, 0.25) is 0 Å². The van der Waals surface area contributed by atoms with Gasteiger partial charge in [-0.25, -0.2) is 0 Å². The SMILES string of the molecule is O=C(O)CN1CCN(CC(=O)O)CCN(CC(O)CN(CC(O)CO)CP(=O)(O)O)CCN(CC(=O)O)CC1. The van der Waals surface area contributed by atoms with Gasteiger partial charge in [-0.2, -0.15) is 0 Å². The Hall–Kier alpha value is -1.76. The first kappa shape index (κ1) is 35.3. The molecule has 1 fully saturated rings. The van der Waals surface area contributed by atoms with Crippen molar-refractivity contribution in [3.05, 3.63) is 0 Å². The van der Waals surface area contributed by atoms with Gasteiger partial charge in [0, 0.05) is 72.0 Å². The summed E-state index contributed by atoms with van der Waals surface area (Å²) >= 11 is 0. The fourth-order valence-corrected chi connectivity index (χ4v) is 5.02. The van der Waals surface area contributed by atoms with Gasteiger partial charge in [-0.3, -0.25) is 43.4 Å². The van der Waals surface area contributed by atoms with Crippen LogP contribution in [-0.2, 0) is 18.9 Å². The molecule has 1 rings (SSSR count). The van der Waals surface area contributed by atoms with Crippen molar-refractivity contribution in [3.63, 3.8) is 0 Å². The quantitative estimate of drug-likeness (QED) is 0.0843. The maximum Gasteiger partial charge on any atom is 0.339 e. The van der Waals surface area contributed by atoms with Crippen molar-refractivity contribution in [2.75, 3.05) is 105 Å². The fourth-order valence-electron chi connectivity index (χ4n) is 4.27. The third-order valence-electron chi connectivity index (χ3n) is 6.01. The maximum absolute atomic E-state index is 11.5. The molecule has 228 valence electrons. The summed E-state index contributed by atoms with van der Waals surface area (Å²) < 4.78 is 11.5. The first-order chi connectivity index (χ1) is 18.2. The van der Waals surface area contributed by atoms with Crippen molar-refractivity contribution < 1.29 is 59.4 Å². The van der Waals surface area contributed by atoms with Crippen LogP contribution in [0.5, 0.6) is 0 Å². The summed E-state index contributed by atoms with van der Waals surface area (Å²) in [6.45, 7) is -0.0413. The van der Waals surface area contributed by atoms with Gasteiger partial charge < -0.3 is 40.4 Å². The summed E-state index contributed by atoms with van der Waals surface area (Å²) in [5.74, 6) is -3.20. The zero-order chi connectivity index (χ0) is 29.6. The standard InChI is InChI=1S/C21H42N5O12P/c27-15-18(29)11-26(16-39(36,37)38)10-17(28)9-22-1-3-23(12-19(30)31)5-7-25(14-21(34)35)8-6-24(4-2-22)13-20(32)33/h17-18,27-29H,1-16H2,(H,30,31)(H,32,33)(H,34,35)(H2,36,37,38). The Kier molecular flexibility index (Phi) is 16.1. The molecule has 0 saturated carbocycles. The number of aliphatic hydroxyl groups is 3. The molecule has 1 heterocycles. The highest BCUT2D eigenvalue weighted by atomic mass is 31.2. The molecule has 0 radical (unpaired) electrons. The summed E-state index contributed by atoms with van der Waals surface area (Å²) in [7, 11) is -4.53. The molecule has 1 aliphatic heterocycles. The lowest BCUT2D eigenvalue weighted by Crippen LogP contribution is -2.50. The molecule has 0 aromatic carbocycles. The Balaban J connectivity index is 3.02. The highest BCUT2D eigenvalue weighted by molar-refractivity contribution is 7.51. The van der Waals surface area contributed by atoms with Crippen molar-refractivity contribution in [3.8, 4) is 0 Å². The third kappa shape index (κ3) is 17.5. The van der Waals surface area contributed by atoms with Gasteiger partial charge in [0.25, 0.3) is 0 Å². The minimum absolute atomic E-state index is 0.000158. The second-order valence-electron chi connectivity index (χ2n) is 9.64. The van der Waals surface area contributed by atoms with E-state index >= 15 is 0 Å². The average Bonchev–Trinajstić information content (AvgIpc) is 2.78. The summed E-state index contributed by atoms with van der Waals surface area (Å²) in [6.07, 6.45) is -3.17. The van der Waals surface area contributed by atoms with Gasteiger partial charge in [0.15, 0.2) is 0 Å². The van der Waals surface area contributed by atoms with Crippen LogP contribution in [0.15, 0.2) is 0 Å². The molecule has 0 amide bonds. The van der Waals surface area contributed by atoms with Crippen molar-refractivity contribution in [2.24, 2.45) is 0 Å². The number of carboxylic acid groups (broad SMARTS) is 3. The minimum atomic E-state index is -4.53. The number of rotatable bonds is 15. The topological polar surface area (TPSA) is 246 Å². The molecule has 0 aromatic rings.